The normalized spacial score (nSPS) is 16.2. The molecule has 0 radical (unpaired) electrons. The summed E-state index contributed by atoms with van der Waals surface area (Å²) in [7, 11) is 0. The van der Waals surface area contributed by atoms with Crippen molar-refractivity contribution in [2.24, 2.45) is 0 Å². The quantitative estimate of drug-likeness (QED) is 0.197. The van der Waals surface area contributed by atoms with Crippen LogP contribution in [0.25, 0.3) is 0 Å². The summed E-state index contributed by atoms with van der Waals surface area (Å²) in [5, 5.41) is 21.4. The van der Waals surface area contributed by atoms with Gasteiger partial charge in [-0.3, -0.25) is 14.6 Å². The molecule has 1 aliphatic heterocycles. The predicted octanol–water partition coefficient (Wildman–Crippen LogP) is 5.62. The number of hydrogen-bond acceptors (Lipinski definition) is 7. The van der Waals surface area contributed by atoms with Crippen molar-refractivity contribution in [3.8, 4) is 0 Å². The molecule has 1 aliphatic rings. The van der Waals surface area contributed by atoms with Gasteiger partial charge in [0.05, 0.1) is 29.3 Å². The number of thiazole rings is 1. The van der Waals surface area contributed by atoms with E-state index in [9.17, 15) is 14.7 Å². The van der Waals surface area contributed by atoms with Crippen LogP contribution < -0.4 is 10.6 Å². The number of carbonyl (C=O) groups excluding carboxylic acids is 2. The second kappa shape index (κ2) is 14.4. The Morgan fingerprint density at radius 3 is 2.53 bits per heavy atom. The van der Waals surface area contributed by atoms with Crippen molar-refractivity contribution in [1.82, 2.24) is 25.5 Å². The average molecular weight is 639 g/mol. The Bertz CT molecular complexity index is 1550. The van der Waals surface area contributed by atoms with Crippen LogP contribution in [0.5, 0.6) is 0 Å². The highest BCUT2D eigenvalue weighted by Crippen LogP contribution is 2.34. The molecule has 8 nitrogen and oxygen atoms in total. The smallest absolute Gasteiger partial charge is 0.256 e. The lowest BCUT2D eigenvalue weighted by Crippen LogP contribution is -2.48. The molecule has 43 heavy (non-hydrogen) atoms. The van der Waals surface area contributed by atoms with Crippen molar-refractivity contribution in [3.05, 3.63) is 115 Å². The number of halogens is 2. The van der Waals surface area contributed by atoms with Crippen LogP contribution in [0.2, 0.25) is 10.0 Å². The molecule has 1 saturated heterocycles. The van der Waals surface area contributed by atoms with Gasteiger partial charge in [-0.15, -0.1) is 11.3 Å². The second-order valence-corrected chi connectivity index (χ2v) is 12.5. The van der Waals surface area contributed by atoms with E-state index in [4.69, 9.17) is 23.2 Å². The van der Waals surface area contributed by atoms with Crippen LogP contribution in [0.3, 0.4) is 0 Å². The highest BCUT2D eigenvalue weighted by molar-refractivity contribution is 7.09. The molecule has 5 rings (SSSR count). The highest BCUT2D eigenvalue weighted by Gasteiger charge is 2.33. The maximum atomic E-state index is 13.5. The molecule has 1 fully saturated rings. The SMILES string of the molecule is Cc1csc(C2CCCN2C(=O)c2cncc(C(=O)NC(Cc3ccccc3)C(O)CNCc3cc(Cl)cc(Cl)c3)c2)n1. The number of aliphatic hydroxyl groups excluding tert-OH is 1. The lowest BCUT2D eigenvalue weighted by Gasteiger charge is -2.25. The Hall–Kier alpha value is -3.34. The van der Waals surface area contributed by atoms with E-state index in [2.05, 4.69) is 20.6 Å². The summed E-state index contributed by atoms with van der Waals surface area (Å²) in [4.78, 5) is 37.6. The van der Waals surface area contributed by atoms with Gasteiger partial charge in [-0.2, -0.15) is 0 Å². The first-order valence-corrected chi connectivity index (χ1v) is 15.8. The summed E-state index contributed by atoms with van der Waals surface area (Å²) in [6, 6.07) is 15.8. The highest BCUT2D eigenvalue weighted by atomic mass is 35.5. The van der Waals surface area contributed by atoms with Gasteiger partial charge in [-0.1, -0.05) is 53.5 Å². The summed E-state index contributed by atoms with van der Waals surface area (Å²) < 4.78 is 0. The van der Waals surface area contributed by atoms with Crippen LogP contribution >= 0.6 is 34.5 Å². The number of nitrogens with one attached hydrogen (secondary N) is 2. The van der Waals surface area contributed by atoms with Gasteiger partial charge in [0.1, 0.15) is 5.01 Å². The third-order valence-electron chi connectivity index (χ3n) is 7.37. The molecule has 3 heterocycles. The first kappa shape index (κ1) is 31.1. The fourth-order valence-corrected chi connectivity index (χ4v) is 6.78. The van der Waals surface area contributed by atoms with Gasteiger partial charge >= 0.3 is 0 Å². The maximum Gasteiger partial charge on any atom is 0.256 e. The predicted molar refractivity (Wildman–Crippen MR) is 170 cm³/mol. The molecule has 2 amide bonds. The number of aliphatic hydroxyl groups is 1. The van der Waals surface area contributed by atoms with E-state index in [0.29, 0.717) is 35.1 Å². The molecular formula is C32H33Cl2N5O3S. The standard InChI is InChI=1S/C32H33Cl2N5O3S/c1-20-19-43-31(37-20)28-8-5-9-39(28)32(42)24-13-23(16-36-17-24)30(41)38-27(12-21-6-3-2-4-7-21)29(40)18-35-15-22-10-25(33)14-26(34)11-22/h2-4,6-7,10-11,13-14,16-17,19,27-29,35,40H,5,8-9,12,15,18H2,1H3,(H,38,41). The van der Waals surface area contributed by atoms with Crippen molar-refractivity contribution in [2.45, 2.75) is 50.9 Å². The monoisotopic (exact) mass is 637 g/mol. The molecular weight excluding hydrogens is 605 g/mol. The summed E-state index contributed by atoms with van der Waals surface area (Å²) in [6.07, 6.45) is 4.16. The molecule has 0 saturated carbocycles. The molecule has 11 heteroatoms. The number of amides is 2. The van der Waals surface area contributed by atoms with Gasteiger partial charge in [-0.25, -0.2) is 4.98 Å². The number of nitrogens with zero attached hydrogens (tertiary/aromatic N) is 3. The van der Waals surface area contributed by atoms with Crippen LogP contribution in [-0.4, -0.2) is 57.0 Å². The number of aryl methyl sites for hydroxylation is 1. The molecule has 0 aliphatic carbocycles. The molecule has 3 unspecified atom stereocenters. The number of rotatable bonds is 11. The zero-order chi connectivity index (χ0) is 30.3. The van der Waals surface area contributed by atoms with E-state index in [1.165, 1.54) is 12.4 Å². The Morgan fingerprint density at radius 2 is 1.81 bits per heavy atom. The number of hydrogen-bond donors (Lipinski definition) is 3. The van der Waals surface area contributed by atoms with Crippen LogP contribution in [0.4, 0.5) is 0 Å². The van der Waals surface area contributed by atoms with E-state index in [-0.39, 0.29) is 24.1 Å². The van der Waals surface area contributed by atoms with Gasteiger partial charge < -0.3 is 20.6 Å². The minimum absolute atomic E-state index is 0.0791. The number of likely N-dealkylation sites (tertiary alicyclic amines) is 1. The Morgan fingerprint density at radius 1 is 1.07 bits per heavy atom. The van der Waals surface area contributed by atoms with Crippen LogP contribution in [0.15, 0.2) is 72.4 Å². The van der Waals surface area contributed by atoms with Crippen molar-refractivity contribution < 1.29 is 14.7 Å². The molecule has 3 N–H and O–H groups in total. The third kappa shape index (κ3) is 8.19. The summed E-state index contributed by atoms with van der Waals surface area (Å²) in [5.41, 5.74) is 3.38. The molecule has 4 aromatic rings. The second-order valence-electron chi connectivity index (χ2n) is 10.7. The minimum atomic E-state index is -0.913. The topological polar surface area (TPSA) is 107 Å². The van der Waals surface area contributed by atoms with E-state index < -0.39 is 18.1 Å². The number of carbonyl (C=O) groups is 2. The van der Waals surface area contributed by atoms with Crippen molar-refractivity contribution in [3.63, 3.8) is 0 Å². The molecule has 0 spiro atoms. The zero-order valence-electron chi connectivity index (χ0n) is 23.7. The van der Waals surface area contributed by atoms with E-state index in [1.807, 2.05) is 47.5 Å². The largest absolute Gasteiger partial charge is 0.390 e. The van der Waals surface area contributed by atoms with Gasteiger partial charge in [-0.05, 0) is 61.6 Å². The van der Waals surface area contributed by atoms with Gasteiger partial charge in [0, 0.05) is 53.1 Å². The molecule has 3 atom stereocenters. The van der Waals surface area contributed by atoms with E-state index >= 15 is 0 Å². The first-order chi connectivity index (χ1) is 20.8. The fraction of sp³-hybridized carbons (Fsp3) is 0.312. The van der Waals surface area contributed by atoms with Crippen LogP contribution in [0.1, 0.15) is 61.4 Å². The Labute approximate surface area is 265 Å². The molecule has 224 valence electrons. The van der Waals surface area contributed by atoms with Crippen molar-refractivity contribution in [2.75, 3.05) is 13.1 Å². The van der Waals surface area contributed by atoms with E-state index in [1.54, 1.807) is 35.6 Å². The van der Waals surface area contributed by atoms with Crippen molar-refractivity contribution >= 4 is 46.4 Å². The molecule has 0 bridgehead atoms. The molecule has 2 aromatic heterocycles. The fourth-order valence-electron chi connectivity index (χ4n) is 5.26. The van der Waals surface area contributed by atoms with Crippen molar-refractivity contribution in [1.29, 1.82) is 0 Å². The van der Waals surface area contributed by atoms with Crippen LogP contribution in [-0.2, 0) is 13.0 Å². The summed E-state index contributed by atoms with van der Waals surface area (Å²) in [6.45, 7) is 3.22. The Balaban J connectivity index is 1.27. The lowest BCUT2D eigenvalue weighted by molar-refractivity contribution is 0.0735. The summed E-state index contributed by atoms with van der Waals surface area (Å²) >= 11 is 13.8. The lowest BCUT2D eigenvalue weighted by atomic mass is 10.0. The van der Waals surface area contributed by atoms with E-state index in [0.717, 1.165) is 34.7 Å². The van der Waals surface area contributed by atoms with Gasteiger partial charge in [0.15, 0.2) is 0 Å². The third-order valence-corrected chi connectivity index (χ3v) is 8.87. The van der Waals surface area contributed by atoms with Crippen LogP contribution in [0, 0.1) is 6.92 Å². The minimum Gasteiger partial charge on any atom is -0.390 e. The zero-order valence-corrected chi connectivity index (χ0v) is 26.0. The number of pyridine rings is 1. The van der Waals surface area contributed by atoms with Gasteiger partial charge in [0.2, 0.25) is 0 Å². The Kier molecular flexibility index (Phi) is 10.4. The first-order valence-electron chi connectivity index (χ1n) is 14.1. The average Bonchev–Trinajstić information content (AvgIpc) is 3.65. The van der Waals surface area contributed by atoms with Gasteiger partial charge in [0.25, 0.3) is 11.8 Å². The number of aromatic nitrogens is 2. The molecule has 2 aromatic carbocycles. The number of benzene rings is 2. The maximum absolute atomic E-state index is 13.5. The summed E-state index contributed by atoms with van der Waals surface area (Å²) in [5.74, 6) is -0.596.